The molecule has 0 aromatic heterocycles. The van der Waals surface area contributed by atoms with E-state index in [-0.39, 0.29) is 5.66 Å². The van der Waals surface area contributed by atoms with Gasteiger partial charge in [-0.25, -0.2) is 0 Å². The highest BCUT2D eigenvalue weighted by Gasteiger charge is 2.43. The Labute approximate surface area is 107 Å². The molecule has 2 heteroatoms. The van der Waals surface area contributed by atoms with Crippen molar-refractivity contribution in [3.05, 3.63) is 0 Å². The van der Waals surface area contributed by atoms with Crippen LogP contribution in [0.4, 0.5) is 0 Å². The van der Waals surface area contributed by atoms with Gasteiger partial charge in [-0.1, -0.05) is 38.5 Å². The molecular weight excluding hydrogens is 208 g/mol. The molecule has 0 unspecified atom stereocenters. The standard InChI is InChI=1S/C15H30N2/c1-16-15(17-2,13-9-5-3-6-10-13)14-11-7-4-8-12-14/h13-14,16-17H,3-12H2,1-2H3. The van der Waals surface area contributed by atoms with E-state index in [1.807, 2.05) is 0 Å². The first-order valence-electron chi connectivity index (χ1n) is 7.71. The zero-order valence-corrected chi connectivity index (χ0v) is 11.7. The molecule has 2 nitrogen and oxygen atoms in total. The SMILES string of the molecule is CNC(NC)(C1CCCCC1)C1CCCCC1. The lowest BCUT2D eigenvalue weighted by Gasteiger charge is -2.49. The second kappa shape index (κ2) is 6.19. The van der Waals surface area contributed by atoms with E-state index in [2.05, 4.69) is 24.7 Å². The molecule has 17 heavy (non-hydrogen) atoms. The van der Waals surface area contributed by atoms with Crippen LogP contribution in [-0.4, -0.2) is 19.8 Å². The molecule has 2 saturated carbocycles. The van der Waals surface area contributed by atoms with Crippen molar-refractivity contribution in [3.63, 3.8) is 0 Å². The van der Waals surface area contributed by atoms with Gasteiger partial charge >= 0.3 is 0 Å². The summed E-state index contributed by atoms with van der Waals surface area (Å²) in [5, 5.41) is 7.39. The van der Waals surface area contributed by atoms with Gasteiger partial charge in [0, 0.05) is 0 Å². The largest absolute Gasteiger partial charge is 0.302 e. The maximum atomic E-state index is 3.69. The zero-order chi connectivity index (χ0) is 12.1. The minimum Gasteiger partial charge on any atom is -0.302 e. The molecule has 0 spiro atoms. The number of hydrogen-bond donors (Lipinski definition) is 2. The molecule has 2 rings (SSSR count). The number of nitrogens with one attached hydrogen (secondary N) is 2. The molecule has 0 aromatic carbocycles. The Balaban J connectivity index is 2.10. The minimum absolute atomic E-state index is 0.223. The summed E-state index contributed by atoms with van der Waals surface area (Å²) in [4.78, 5) is 0. The van der Waals surface area contributed by atoms with E-state index in [0.29, 0.717) is 0 Å². The molecule has 0 aliphatic heterocycles. The Kier molecular flexibility index (Phi) is 4.87. The maximum absolute atomic E-state index is 3.69. The van der Waals surface area contributed by atoms with E-state index in [1.54, 1.807) is 0 Å². The third-order valence-corrected chi connectivity index (χ3v) is 5.33. The summed E-state index contributed by atoms with van der Waals surface area (Å²) in [6.07, 6.45) is 14.3. The Morgan fingerprint density at radius 2 is 1.00 bits per heavy atom. The second-order valence-electron chi connectivity index (χ2n) is 6.04. The summed E-state index contributed by atoms with van der Waals surface area (Å²) >= 11 is 0. The summed E-state index contributed by atoms with van der Waals surface area (Å²) < 4.78 is 0. The monoisotopic (exact) mass is 238 g/mol. The number of hydrogen-bond acceptors (Lipinski definition) is 2. The molecule has 0 radical (unpaired) electrons. The van der Waals surface area contributed by atoms with Gasteiger partial charge < -0.3 is 10.6 Å². The molecule has 2 fully saturated rings. The third kappa shape index (κ3) is 2.68. The molecule has 0 aromatic rings. The van der Waals surface area contributed by atoms with Crippen molar-refractivity contribution in [2.75, 3.05) is 14.1 Å². The van der Waals surface area contributed by atoms with Gasteiger partial charge in [-0.2, -0.15) is 0 Å². The van der Waals surface area contributed by atoms with Crippen molar-refractivity contribution < 1.29 is 0 Å². The van der Waals surface area contributed by atoms with E-state index >= 15 is 0 Å². The lowest BCUT2D eigenvalue weighted by Crippen LogP contribution is -2.64. The van der Waals surface area contributed by atoms with Crippen LogP contribution in [0.15, 0.2) is 0 Å². The molecule has 2 aliphatic rings. The van der Waals surface area contributed by atoms with Crippen molar-refractivity contribution in [1.29, 1.82) is 0 Å². The number of rotatable bonds is 4. The Hall–Kier alpha value is -0.0800. The first-order valence-corrected chi connectivity index (χ1v) is 7.71. The van der Waals surface area contributed by atoms with Crippen molar-refractivity contribution >= 4 is 0 Å². The van der Waals surface area contributed by atoms with Gasteiger partial charge in [0.05, 0.1) is 5.66 Å². The van der Waals surface area contributed by atoms with Gasteiger partial charge in [0.25, 0.3) is 0 Å². The molecule has 100 valence electrons. The van der Waals surface area contributed by atoms with Crippen LogP contribution in [0.25, 0.3) is 0 Å². The van der Waals surface area contributed by atoms with Crippen LogP contribution < -0.4 is 10.6 Å². The van der Waals surface area contributed by atoms with Gasteiger partial charge in [0.1, 0.15) is 0 Å². The van der Waals surface area contributed by atoms with Crippen LogP contribution in [0.5, 0.6) is 0 Å². The van der Waals surface area contributed by atoms with E-state index in [4.69, 9.17) is 0 Å². The van der Waals surface area contributed by atoms with E-state index < -0.39 is 0 Å². The zero-order valence-electron chi connectivity index (χ0n) is 11.7. The molecule has 0 bridgehead atoms. The molecule has 2 N–H and O–H groups in total. The first kappa shape index (κ1) is 13.4. The van der Waals surface area contributed by atoms with E-state index in [9.17, 15) is 0 Å². The van der Waals surface area contributed by atoms with E-state index in [1.165, 1.54) is 64.2 Å². The molecule has 0 atom stereocenters. The average molecular weight is 238 g/mol. The summed E-state index contributed by atoms with van der Waals surface area (Å²) in [6, 6.07) is 0. The first-order chi connectivity index (χ1) is 8.33. The highest BCUT2D eigenvalue weighted by atomic mass is 15.2. The lowest BCUT2D eigenvalue weighted by molar-refractivity contribution is 0.0511. The van der Waals surface area contributed by atoms with Gasteiger partial charge in [-0.15, -0.1) is 0 Å². The predicted octanol–water partition coefficient (Wildman–Crippen LogP) is 3.28. The van der Waals surface area contributed by atoms with Crippen LogP contribution in [0.1, 0.15) is 64.2 Å². The van der Waals surface area contributed by atoms with Crippen LogP contribution in [0.3, 0.4) is 0 Å². The second-order valence-corrected chi connectivity index (χ2v) is 6.04. The molecule has 0 saturated heterocycles. The quantitative estimate of drug-likeness (QED) is 0.735. The van der Waals surface area contributed by atoms with Gasteiger partial charge in [-0.05, 0) is 51.6 Å². The molecule has 0 heterocycles. The fourth-order valence-electron chi connectivity index (χ4n) is 4.39. The van der Waals surface area contributed by atoms with Crippen LogP contribution in [0, 0.1) is 11.8 Å². The lowest BCUT2D eigenvalue weighted by atomic mass is 9.69. The Morgan fingerprint density at radius 3 is 1.29 bits per heavy atom. The predicted molar refractivity (Wildman–Crippen MR) is 74.0 cm³/mol. The van der Waals surface area contributed by atoms with Crippen molar-refractivity contribution in [2.24, 2.45) is 11.8 Å². The van der Waals surface area contributed by atoms with Crippen LogP contribution in [-0.2, 0) is 0 Å². The fourth-order valence-corrected chi connectivity index (χ4v) is 4.39. The highest BCUT2D eigenvalue weighted by molar-refractivity contribution is 4.97. The third-order valence-electron chi connectivity index (χ3n) is 5.33. The topological polar surface area (TPSA) is 24.1 Å². The van der Waals surface area contributed by atoms with Crippen molar-refractivity contribution in [2.45, 2.75) is 69.9 Å². The highest BCUT2D eigenvalue weighted by Crippen LogP contribution is 2.40. The van der Waals surface area contributed by atoms with Crippen LogP contribution in [0.2, 0.25) is 0 Å². The normalized spacial score (nSPS) is 25.1. The summed E-state index contributed by atoms with van der Waals surface area (Å²) in [6.45, 7) is 0. The smallest absolute Gasteiger partial charge is 0.0740 e. The summed E-state index contributed by atoms with van der Waals surface area (Å²) in [5.74, 6) is 1.68. The summed E-state index contributed by atoms with van der Waals surface area (Å²) in [5.41, 5.74) is 0.223. The van der Waals surface area contributed by atoms with Crippen molar-refractivity contribution in [3.8, 4) is 0 Å². The summed E-state index contributed by atoms with van der Waals surface area (Å²) in [7, 11) is 4.33. The average Bonchev–Trinajstić information content (AvgIpc) is 2.43. The van der Waals surface area contributed by atoms with Gasteiger partial charge in [0.15, 0.2) is 0 Å². The van der Waals surface area contributed by atoms with Crippen molar-refractivity contribution in [1.82, 2.24) is 10.6 Å². The molecule has 0 amide bonds. The Morgan fingerprint density at radius 1 is 0.647 bits per heavy atom. The molecular formula is C15H30N2. The fraction of sp³-hybridized carbons (Fsp3) is 1.00. The van der Waals surface area contributed by atoms with Crippen LogP contribution >= 0.6 is 0 Å². The Bertz CT molecular complexity index is 191. The van der Waals surface area contributed by atoms with E-state index in [0.717, 1.165) is 11.8 Å². The molecule has 2 aliphatic carbocycles. The van der Waals surface area contributed by atoms with Gasteiger partial charge in [-0.3, -0.25) is 0 Å². The minimum atomic E-state index is 0.223. The van der Waals surface area contributed by atoms with Gasteiger partial charge in [0.2, 0.25) is 0 Å². The maximum Gasteiger partial charge on any atom is 0.0740 e.